The summed E-state index contributed by atoms with van der Waals surface area (Å²) in [5.41, 5.74) is 0. The molecule has 0 fully saturated rings. The molecule has 0 saturated carbocycles. The molecule has 1 aromatic rings. The van der Waals surface area contributed by atoms with Crippen molar-refractivity contribution < 1.29 is 18.0 Å². The van der Waals surface area contributed by atoms with Gasteiger partial charge in [0, 0.05) is 12.5 Å². The van der Waals surface area contributed by atoms with Crippen LogP contribution in [0.15, 0.2) is 0 Å². The molecule has 0 aliphatic heterocycles. The Bertz CT molecular complexity index is 428. The van der Waals surface area contributed by atoms with Crippen LogP contribution in [0.4, 0.5) is 13.2 Å². The second-order valence-electron chi connectivity index (χ2n) is 4.50. The monoisotopic (exact) mass is 278 g/mol. The fourth-order valence-electron chi connectivity index (χ4n) is 1.55. The first-order valence-electron chi connectivity index (χ1n) is 6.03. The molecule has 0 unspecified atom stereocenters. The van der Waals surface area contributed by atoms with Crippen molar-refractivity contribution in [2.45, 2.75) is 45.8 Å². The van der Waals surface area contributed by atoms with Gasteiger partial charge in [0.05, 0.1) is 0 Å². The third-order valence-corrected chi connectivity index (χ3v) is 2.44. The second-order valence-corrected chi connectivity index (χ2v) is 4.50. The maximum atomic E-state index is 12.4. The Hall–Kier alpha value is -1.60. The third kappa shape index (κ3) is 4.53. The van der Waals surface area contributed by atoms with Gasteiger partial charge in [-0.25, -0.2) is 4.98 Å². The lowest BCUT2D eigenvalue weighted by Gasteiger charge is -2.26. The van der Waals surface area contributed by atoms with E-state index in [9.17, 15) is 18.0 Å². The molecule has 0 atom stereocenters. The van der Waals surface area contributed by atoms with Crippen LogP contribution >= 0.6 is 0 Å². The summed E-state index contributed by atoms with van der Waals surface area (Å²) in [5, 5.41) is 6.23. The maximum absolute atomic E-state index is 12.4. The van der Waals surface area contributed by atoms with Crippen LogP contribution in [0.25, 0.3) is 0 Å². The van der Waals surface area contributed by atoms with E-state index in [0.717, 1.165) is 6.42 Å². The molecule has 0 radical (unpaired) electrons. The summed E-state index contributed by atoms with van der Waals surface area (Å²) in [4.78, 5) is 16.6. The molecule has 19 heavy (non-hydrogen) atoms. The first kappa shape index (κ1) is 15.5. The van der Waals surface area contributed by atoms with Gasteiger partial charge >= 0.3 is 6.18 Å². The van der Waals surface area contributed by atoms with Gasteiger partial charge in [0.1, 0.15) is 12.4 Å². The van der Waals surface area contributed by atoms with Gasteiger partial charge in [0.15, 0.2) is 0 Å². The van der Waals surface area contributed by atoms with E-state index < -0.39 is 24.7 Å². The number of carbonyl (C=O) groups excluding carboxylic acids is 1. The number of H-pyrrole nitrogens is 1. The maximum Gasteiger partial charge on any atom is 0.406 e. The molecule has 1 aromatic heterocycles. The number of rotatable bonds is 5. The normalized spacial score (nSPS) is 11.9. The van der Waals surface area contributed by atoms with Gasteiger partial charge in [-0.2, -0.15) is 13.2 Å². The molecule has 1 amide bonds. The lowest BCUT2D eigenvalue weighted by atomic mass is 10.3. The van der Waals surface area contributed by atoms with Crippen LogP contribution in [-0.2, 0) is 6.42 Å². The van der Waals surface area contributed by atoms with Crippen molar-refractivity contribution in [1.82, 2.24) is 20.1 Å². The zero-order chi connectivity index (χ0) is 14.6. The van der Waals surface area contributed by atoms with E-state index in [1.54, 1.807) is 0 Å². The molecule has 0 aromatic carbocycles. The molecule has 1 N–H and O–H groups in total. The molecule has 108 valence electrons. The van der Waals surface area contributed by atoms with E-state index in [-0.39, 0.29) is 5.82 Å². The minimum absolute atomic E-state index is 0.221. The molecule has 0 bridgehead atoms. The van der Waals surface area contributed by atoms with Gasteiger partial charge in [0.2, 0.25) is 5.82 Å². The highest BCUT2D eigenvalue weighted by Gasteiger charge is 2.35. The molecule has 8 heteroatoms. The third-order valence-electron chi connectivity index (χ3n) is 2.44. The van der Waals surface area contributed by atoms with Gasteiger partial charge in [-0.3, -0.25) is 9.89 Å². The van der Waals surface area contributed by atoms with Crippen molar-refractivity contribution in [3.8, 4) is 0 Å². The van der Waals surface area contributed by atoms with Gasteiger partial charge in [-0.05, 0) is 20.3 Å². The summed E-state index contributed by atoms with van der Waals surface area (Å²) in [7, 11) is 0. The predicted molar refractivity (Wildman–Crippen MR) is 62.6 cm³/mol. The first-order chi connectivity index (χ1) is 8.74. The number of hydrogen-bond donors (Lipinski definition) is 1. The van der Waals surface area contributed by atoms with Crippen LogP contribution in [0, 0.1) is 0 Å². The van der Waals surface area contributed by atoms with Crippen LogP contribution in [0.2, 0.25) is 0 Å². The molecule has 5 nitrogen and oxygen atoms in total. The van der Waals surface area contributed by atoms with Crippen molar-refractivity contribution in [2.75, 3.05) is 6.54 Å². The minimum Gasteiger partial charge on any atom is -0.324 e. The number of amides is 1. The molecule has 0 aliphatic carbocycles. The Morgan fingerprint density at radius 1 is 1.42 bits per heavy atom. The lowest BCUT2D eigenvalue weighted by molar-refractivity contribution is -0.143. The Labute approximate surface area is 109 Å². The standard InChI is InChI=1S/C11H17F3N4O/c1-4-5-8-15-9(17-16-8)10(19)18(7(2)3)6-11(12,13)14/h7H,4-6H2,1-3H3,(H,15,16,17). The highest BCUT2D eigenvalue weighted by atomic mass is 19.4. The number of nitrogens with zero attached hydrogens (tertiary/aromatic N) is 3. The molecule has 0 spiro atoms. The Morgan fingerprint density at radius 3 is 2.53 bits per heavy atom. The topological polar surface area (TPSA) is 61.9 Å². The fourth-order valence-corrected chi connectivity index (χ4v) is 1.55. The number of halogens is 3. The number of aromatic amines is 1. The molecule has 1 heterocycles. The first-order valence-corrected chi connectivity index (χ1v) is 6.03. The van der Waals surface area contributed by atoms with Crippen LogP contribution in [0.1, 0.15) is 43.6 Å². The smallest absolute Gasteiger partial charge is 0.324 e. The van der Waals surface area contributed by atoms with Gasteiger partial charge in [-0.15, -0.1) is 5.10 Å². The second kappa shape index (κ2) is 6.03. The number of alkyl halides is 3. The molecule has 1 rings (SSSR count). The fraction of sp³-hybridized carbons (Fsp3) is 0.727. The van der Waals surface area contributed by atoms with Crippen LogP contribution < -0.4 is 0 Å². The number of nitrogens with one attached hydrogen (secondary N) is 1. The number of aromatic nitrogens is 3. The molecule has 0 aliphatic rings. The van der Waals surface area contributed by atoms with E-state index in [0.29, 0.717) is 17.1 Å². The Kier molecular flexibility index (Phi) is 4.90. The summed E-state index contributed by atoms with van der Waals surface area (Å²) in [6, 6.07) is -0.581. The van der Waals surface area contributed by atoms with Crippen LogP contribution in [0.5, 0.6) is 0 Å². The largest absolute Gasteiger partial charge is 0.406 e. The van der Waals surface area contributed by atoms with Gasteiger partial charge in [0.25, 0.3) is 5.91 Å². The van der Waals surface area contributed by atoms with Crippen LogP contribution in [0.3, 0.4) is 0 Å². The van der Waals surface area contributed by atoms with Crippen LogP contribution in [-0.4, -0.2) is 44.8 Å². The quantitative estimate of drug-likeness (QED) is 0.897. The average Bonchev–Trinajstić information content (AvgIpc) is 2.72. The Balaban J connectivity index is 2.86. The zero-order valence-electron chi connectivity index (χ0n) is 11.1. The number of hydrogen-bond acceptors (Lipinski definition) is 3. The highest BCUT2D eigenvalue weighted by molar-refractivity contribution is 5.90. The van der Waals surface area contributed by atoms with E-state index in [1.165, 1.54) is 13.8 Å². The molecular weight excluding hydrogens is 261 g/mol. The average molecular weight is 278 g/mol. The van der Waals surface area contributed by atoms with Crippen molar-refractivity contribution in [3.63, 3.8) is 0 Å². The van der Waals surface area contributed by atoms with E-state index in [4.69, 9.17) is 0 Å². The summed E-state index contributed by atoms with van der Waals surface area (Å²) in [6.45, 7) is 3.65. The number of carbonyl (C=O) groups is 1. The summed E-state index contributed by atoms with van der Waals surface area (Å²) in [6.07, 6.45) is -3.04. The SMILES string of the molecule is CCCc1nc(C(=O)N(CC(F)(F)F)C(C)C)n[nH]1. The summed E-state index contributed by atoms with van der Waals surface area (Å²) in [5.74, 6) is -0.533. The van der Waals surface area contributed by atoms with Crippen molar-refractivity contribution in [2.24, 2.45) is 0 Å². The zero-order valence-corrected chi connectivity index (χ0v) is 11.1. The molecule has 0 saturated heterocycles. The predicted octanol–water partition coefficient (Wildman–Crippen LogP) is 2.17. The van der Waals surface area contributed by atoms with Crippen molar-refractivity contribution >= 4 is 5.91 Å². The summed E-state index contributed by atoms with van der Waals surface area (Å²) >= 11 is 0. The Morgan fingerprint density at radius 2 is 2.05 bits per heavy atom. The highest BCUT2D eigenvalue weighted by Crippen LogP contribution is 2.19. The lowest BCUT2D eigenvalue weighted by Crippen LogP contribution is -2.43. The van der Waals surface area contributed by atoms with Gasteiger partial charge in [-0.1, -0.05) is 6.92 Å². The summed E-state index contributed by atoms with van der Waals surface area (Å²) < 4.78 is 37.3. The van der Waals surface area contributed by atoms with Crippen molar-refractivity contribution in [1.29, 1.82) is 0 Å². The number of aryl methyl sites for hydroxylation is 1. The van der Waals surface area contributed by atoms with E-state index >= 15 is 0 Å². The minimum atomic E-state index is -4.44. The molecular formula is C11H17F3N4O. The van der Waals surface area contributed by atoms with Crippen molar-refractivity contribution in [3.05, 3.63) is 11.6 Å². The van der Waals surface area contributed by atoms with Gasteiger partial charge < -0.3 is 4.90 Å². The van der Waals surface area contributed by atoms with E-state index in [2.05, 4.69) is 15.2 Å². The van der Waals surface area contributed by atoms with E-state index in [1.807, 2.05) is 6.92 Å².